The zero-order valence-corrected chi connectivity index (χ0v) is 14.6. The molecule has 0 spiro atoms. The van der Waals surface area contributed by atoms with Gasteiger partial charge in [0.15, 0.2) is 0 Å². The van der Waals surface area contributed by atoms with Gasteiger partial charge in [0.25, 0.3) is 0 Å². The number of rotatable bonds is 7. The van der Waals surface area contributed by atoms with Crippen LogP contribution in [0.1, 0.15) is 24.3 Å². The highest BCUT2D eigenvalue weighted by Gasteiger charge is 2.44. The van der Waals surface area contributed by atoms with Gasteiger partial charge in [-0.25, -0.2) is 4.98 Å². The fraction of sp³-hybridized carbons (Fsp3) is 0.647. The third-order valence-electron chi connectivity index (χ3n) is 4.83. The molecule has 6 nitrogen and oxygen atoms in total. The predicted molar refractivity (Wildman–Crippen MR) is 91.9 cm³/mol. The van der Waals surface area contributed by atoms with Gasteiger partial charge in [0.2, 0.25) is 0 Å². The van der Waals surface area contributed by atoms with Crippen LogP contribution in [-0.4, -0.2) is 57.7 Å². The highest BCUT2D eigenvalue weighted by molar-refractivity contribution is 7.09. The van der Waals surface area contributed by atoms with Gasteiger partial charge >= 0.3 is 0 Å². The van der Waals surface area contributed by atoms with Crippen LogP contribution in [-0.2, 0) is 22.6 Å². The Morgan fingerprint density at radius 1 is 1.38 bits per heavy atom. The third kappa shape index (κ3) is 3.69. The normalized spacial score (nSPS) is 27.4. The van der Waals surface area contributed by atoms with Gasteiger partial charge in [0, 0.05) is 56.3 Å². The topological polar surface area (TPSA) is 52.4 Å². The Balaban J connectivity index is 1.30. The van der Waals surface area contributed by atoms with Gasteiger partial charge in [-0.15, -0.1) is 11.3 Å². The summed E-state index contributed by atoms with van der Waals surface area (Å²) in [6, 6.07) is 2.42. The summed E-state index contributed by atoms with van der Waals surface area (Å²) in [7, 11) is 0. The van der Waals surface area contributed by atoms with Gasteiger partial charge < -0.3 is 9.47 Å². The van der Waals surface area contributed by atoms with Crippen molar-refractivity contribution in [3.05, 3.63) is 35.0 Å². The summed E-state index contributed by atoms with van der Waals surface area (Å²) < 4.78 is 14.2. The van der Waals surface area contributed by atoms with E-state index in [4.69, 9.17) is 9.47 Å². The molecule has 2 aliphatic heterocycles. The summed E-state index contributed by atoms with van der Waals surface area (Å²) in [5.41, 5.74) is 0. The average molecular weight is 348 g/mol. The van der Waals surface area contributed by atoms with E-state index >= 15 is 0 Å². The fourth-order valence-corrected chi connectivity index (χ4v) is 4.37. The molecular formula is C17H24N4O2S. The molecule has 0 aliphatic carbocycles. The Morgan fingerprint density at radius 2 is 2.38 bits per heavy atom. The van der Waals surface area contributed by atoms with Gasteiger partial charge in [-0.2, -0.15) is 5.10 Å². The third-order valence-corrected chi connectivity index (χ3v) is 5.59. The smallest absolute Gasteiger partial charge is 0.107 e. The molecule has 3 atom stereocenters. The zero-order chi connectivity index (χ0) is 16.2. The van der Waals surface area contributed by atoms with Crippen molar-refractivity contribution in [2.45, 2.75) is 50.6 Å². The molecule has 0 amide bonds. The summed E-state index contributed by atoms with van der Waals surface area (Å²) >= 11 is 1.73. The number of fused-ring (bicyclic) bond motifs is 1. The Morgan fingerprint density at radius 3 is 3.21 bits per heavy atom. The molecule has 2 fully saturated rings. The van der Waals surface area contributed by atoms with E-state index in [0.29, 0.717) is 6.04 Å². The fourth-order valence-electron chi connectivity index (χ4n) is 3.73. The quantitative estimate of drug-likeness (QED) is 0.718. The lowest BCUT2D eigenvalue weighted by Crippen LogP contribution is -2.41. The first-order valence-corrected chi connectivity index (χ1v) is 9.61. The van der Waals surface area contributed by atoms with Crippen LogP contribution in [0.5, 0.6) is 0 Å². The van der Waals surface area contributed by atoms with Gasteiger partial charge in [-0.3, -0.25) is 9.58 Å². The lowest BCUT2D eigenvalue weighted by Gasteiger charge is -2.32. The van der Waals surface area contributed by atoms with E-state index in [1.165, 1.54) is 11.4 Å². The Labute approximate surface area is 146 Å². The SMILES string of the molecule is c1cnn(CCCO[C@H]2CN(Cc3nccs3)[C@@H]3CCCO[C@H]23)c1. The molecule has 0 unspecified atom stereocenters. The molecule has 0 saturated carbocycles. The van der Waals surface area contributed by atoms with Crippen LogP contribution in [0.3, 0.4) is 0 Å². The lowest BCUT2D eigenvalue weighted by molar-refractivity contribution is -0.0780. The van der Waals surface area contributed by atoms with Crippen molar-refractivity contribution in [3.63, 3.8) is 0 Å². The van der Waals surface area contributed by atoms with Crippen molar-refractivity contribution in [1.29, 1.82) is 0 Å². The van der Waals surface area contributed by atoms with E-state index in [9.17, 15) is 0 Å². The first kappa shape index (κ1) is 16.2. The summed E-state index contributed by atoms with van der Waals surface area (Å²) in [6.45, 7) is 4.37. The molecular weight excluding hydrogens is 324 g/mol. The summed E-state index contributed by atoms with van der Waals surface area (Å²) in [4.78, 5) is 6.93. The van der Waals surface area contributed by atoms with E-state index in [0.717, 1.165) is 45.7 Å². The summed E-state index contributed by atoms with van der Waals surface area (Å²) in [6.07, 6.45) is 9.39. The van der Waals surface area contributed by atoms with E-state index in [1.807, 2.05) is 34.7 Å². The highest BCUT2D eigenvalue weighted by atomic mass is 32.1. The second kappa shape index (κ2) is 7.74. The minimum absolute atomic E-state index is 0.174. The van der Waals surface area contributed by atoms with E-state index in [2.05, 4.69) is 15.0 Å². The first-order chi connectivity index (χ1) is 11.9. The maximum Gasteiger partial charge on any atom is 0.107 e. The van der Waals surface area contributed by atoms with Gasteiger partial charge in [0.05, 0.1) is 12.6 Å². The van der Waals surface area contributed by atoms with Crippen LogP contribution >= 0.6 is 11.3 Å². The van der Waals surface area contributed by atoms with Crippen LogP contribution < -0.4 is 0 Å². The molecule has 130 valence electrons. The Bertz CT molecular complexity index is 604. The molecule has 2 aromatic heterocycles. The second-order valence-corrected chi connectivity index (χ2v) is 7.41. The number of hydrogen-bond acceptors (Lipinski definition) is 6. The Kier molecular flexibility index (Phi) is 5.22. The number of aromatic nitrogens is 3. The van der Waals surface area contributed by atoms with Crippen LogP contribution in [0.25, 0.3) is 0 Å². The van der Waals surface area contributed by atoms with E-state index < -0.39 is 0 Å². The average Bonchev–Trinajstić information content (AvgIpc) is 3.35. The molecule has 2 saturated heterocycles. The number of aryl methyl sites for hydroxylation is 1. The van der Waals surface area contributed by atoms with Crippen molar-refractivity contribution in [2.75, 3.05) is 19.8 Å². The molecule has 2 aromatic rings. The number of likely N-dealkylation sites (tertiary alicyclic amines) is 1. The maximum atomic E-state index is 6.20. The van der Waals surface area contributed by atoms with Crippen molar-refractivity contribution >= 4 is 11.3 Å². The highest BCUT2D eigenvalue weighted by Crippen LogP contribution is 2.32. The van der Waals surface area contributed by atoms with Gasteiger partial charge in [-0.05, 0) is 25.3 Å². The van der Waals surface area contributed by atoms with Crippen LogP contribution in [0.2, 0.25) is 0 Å². The lowest BCUT2D eigenvalue weighted by atomic mass is 10.0. The first-order valence-electron chi connectivity index (χ1n) is 8.73. The molecule has 24 heavy (non-hydrogen) atoms. The van der Waals surface area contributed by atoms with Crippen molar-refractivity contribution in [3.8, 4) is 0 Å². The van der Waals surface area contributed by atoms with Crippen molar-refractivity contribution in [1.82, 2.24) is 19.7 Å². The van der Waals surface area contributed by atoms with Crippen LogP contribution in [0, 0.1) is 0 Å². The summed E-state index contributed by atoms with van der Waals surface area (Å²) in [5, 5.41) is 7.45. The van der Waals surface area contributed by atoms with Gasteiger partial charge in [-0.1, -0.05) is 0 Å². The Hall–Kier alpha value is -1.28. The zero-order valence-electron chi connectivity index (χ0n) is 13.8. The predicted octanol–water partition coefficient (Wildman–Crippen LogP) is 2.18. The standard InChI is InChI=1S/C17H24N4O2S/c1-4-14-17(23-9-1)15(12-20(14)13-16-18-6-11-24-16)22-10-3-8-21-7-2-5-19-21/h2,5-7,11,14-15,17H,1,3-4,8-10,12-13H2/t14-,15+,17+/m1/s1. The number of thiazole rings is 1. The molecule has 4 heterocycles. The van der Waals surface area contributed by atoms with E-state index in [-0.39, 0.29) is 12.2 Å². The molecule has 0 N–H and O–H groups in total. The molecule has 7 heteroatoms. The number of hydrogen-bond donors (Lipinski definition) is 0. The molecule has 0 bridgehead atoms. The second-order valence-electron chi connectivity index (χ2n) is 6.43. The van der Waals surface area contributed by atoms with Gasteiger partial charge in [0.1, 0.15) is 11.1 Å². The number of nitrogens with zero attached hydrogens (tertiary/aromatic N) is 4. The van der Waals surface area contributed by atoms with E-state index in [1.54, 1.807) is 11.3 Å². The monoisotopic (exact) mass is 348 g/mol. The minimum Gasteiger partial charge on any atom is -0.374 e. The van der Waals surface area contributed by atoms with Crippen molar-refractivity contribution in [2.24, 2.45) is 0 Å². The molecule has 0 aromatic carbocycles. The number of ether oxygens (including phenoxy) is 2. The minimum atomic E-state index is 0.174. The molecule has 2 aliphatic rings. The van der Waals surface area contributed by atoms with Crippen LogP contribution in [0.15, 0.2) is 30.0 Å². The van der Waals surface area contributed by atoms with Crippen molar-refractivity contribution < 1.29 is 9.47 Å². The maximum absolute atomic E-state index is 6.20. The van der Waals surface area contributed by atoms with Crippen LogP contribution in [0.4, 0.5) is 0 Å². The largest absolute Gasteiger partial charge is 0.374 e. The molecule has 0 radical (unpaired) electrons. The molecule has 4 rings (SSSR count). The summed E-state index contributed by atoms with van der Waals surface area (Å²) in [5.74, 6) is 0.